The lowest BCUT2D eigenvalue weighted by Crippen LogP contribution is -2.50. The molecule has 2 aliphatic rings. The van der Waals surface area contributed by atoms with Crippen molar-refractivity contribution in [2.45, 2.75) is 71.5 Å². The lowest BCUT2D eigenvalue weighted by Gasteiger charge is -2.38. The van der Waals surface area contributed by atoms with Gasteiger partial charge in [-0.05, 0) is 63.4 Å². The number of halogens is 6. The lowest BCUT2D eigenvalue weighted by molar-refractivity contribution is -0.155. The first-order valence-corrected chi connectivity index (χ1v) is 15.0. The van der Waals surface area contributed by atoms with Crippen molar-refractivity contribution >= 4 is 23.7 Å². The molecule has 264 valence electrons. The Hall–Kier alpha value is -4.32. The van der Waals surface area contributed by atoms with Crippen molar-refractivity contribution in [1.82, 2.24) is 26.1 Å². The standard InChI is InChI=1S/C30H37F6N7O5/c1-7-20-14-21(24-22(9-10-23(38-24)46-5)43(20)27(45)48-8-2)37-26-39-40-42(16-28(3,4)25(44)47-6)41(26)15-17-11-18(29(31,32)33)13-19(12-17)30(34,35)36/h9-13,20-21,40H,7-8,14-16H2,1-6H3,(H,37,39)/t20-,21+/m1/s1. The number of amides is 1. The van der Waals surface area contributed by atoms with Gasteiger partial charge < -0.3 is 14.2 Å². The molecule has 18 heteroatoms. The molecule has 1 aromatic carbocycles. The summed E-state index contributed by atoms with van der Waals surface area (Å²) < 4.78 is 97.9. The topological polar surface area (TPSA) is 121 Å². The van der Waals surface area contributed by atoms with Crippen LogP contribution < -0.4 is 20.6 Å². The number of nitrogens with one attached hydrogen (secondary N) is 2. The molecule has 48 heavy (non-hydrogen) atoms. The molecule has 0 aliphatic carbocycles. The van der Waals surface area contributed by atoms with Crippen molar-refractivity contribution in [3.8, 4) is 5.88 Å². The van der Waals surface area contributed by atoms with E-state index in [9.17, 15) is 35.9 Å². The number of aliphatic imine (C=N–C) groups is 1. The minimum absolute atomic E-state index is 0.00152. The summed E-state index contributed by atoms with van der Waals surface area (Å²) in [4.78, 5) is 36.4. The molecular formula is C30H37F6N7O5. The Morgan fingerprint density at radius 3 is 2.21 bits per heavy atom. The van der Waals surface area contributed by atoms with Crippen molar-refractivity contribution in [1.29, 1.82) is 0 Å². The summed E-state index contributed by atoms with van der Waals surface area (Å²) in [5.74, 6) is -0.394. The minimum atomic E-state index is -5.06. The van der Waals surface area contributed by atoms with Crippen molar-refractivity contribution in [2.75, 3.05) is 32.3 Å². The third-order valence-corrected chi connectivity index (χ3v) is 7.83. The first-order valence-electron chi connectivity index (χ1n) is 15.0. The van der Waals surface area contributed by atoms with Crippen LogP contribution in [-0.2, 0) is 33.2 Å². The molecule has 0 unspecified atom stereocenters. The van der Waals surface area contributed by atoms with Gasteiger partial charge in [0.15, 0.2) is 0 Å². The second-order valence-electron chi connectivity index (χ2n) is 11.7. The van der Waals surface area contributed by atoms with Gasteiger partial charge in [-0.15, -0.1) is 10.7 Å². The number of pyridine rings is 1. The SMILES string of the molecule is CCOC(=O)N1c2ccc(OC)nc2[C@@H](N=C2NNN(CC(C)(C)C(=O)OC)N2Cc2cc(C(F)(F)F)cc(C(F)(F)F)c2)C[C@H]1CC. The van der Waals surface area contributed by atoms with Gasteiger partial charge in [-0.3, -0.25) is 20.1 Å². The van der Waals surface area contributed by atoms with Gasteiger partial charge >= 0.3 is 24.4 Å². The van der Waals surface area contributed by atoms with E-state index in [1.54, 1.807) is 32.9 Å². The fourth-order valence-corrected chi connectivity index (χ4v) is 5.47. The predicted molar refractivity (Wildman–Crippen MR) is 160 cm³/mol. The highest BCUT2D eigenvalue weighted by molar-refractivity contribution is 5.90. The largest absolute Gasteiger partial charge is 0.481 e. The van der Waals surface area contributed by atoms with Crippen LogP contribution in [0.2, 0.25) is 0 Å². The number of hydrogen-bond donors (Lipinski definition) is 2. The first-order chi connectivity index (χ1) is 22.4. The quantitative estimate of drug-likeness (QED) is 0.254. The second-order valence-corrected chi connectivity index (χ2v) is 11.7. The van der Waals surface area contributed by atoms with Crippen LogP contribution in [0.25, 0.3) is 0 Å². The molecule has 1 saturated heterocycles. The average Bonchev–Trinajstić information content (AvgIpc) is 3.38. The van der Waals surface area contributed by atoms with Crippen molar-refractivity contribution in [2.24, 2.45) is 10.4 Å². The summed E-state index contributed by atoms with van der Waals surface area (Å²) in [6.07, 6.45) is -9.98. The number of hydrazine groups is 3. The van der Waals surface area contributed by atoms with Crippen LogP contribution in [0.4, 0.5) is 36.8 Å². The number of fused-ring (bicyclic) bond motifs is 1. The van der Waals surface area contributed by atoms with E-state index in [0.717, 1.165) is 0 Å². The summed E-state index contributed by atoms with van der Waals surface area (Å²) in [7, 11) is 2.60. The Labute approximate surface area is 272 Å². The third kappa shape index (κ3) is 7.86. The van der Waals surface area contributed by atoms with Crippen LogP contribution >= 0.6 is 0 Å². The molecule has 4 rings (SSSR count). The fraction of sp³-hybridized carbons (Fsp3) is 0.533. The molecule has 12 nitrogen and oxygen atoms in total. The number of aromatic nitrogens is 1. The molecule has 1 amide bonds. The summed E-state index contributed by atoms with van der Waals surface area (Å²) in [5, 5.41) is 2.60. The highest BCUT2D eigenvalue weighted by atomic mass is 19.4. The molecule has 0 spiro atoms. The van der Waals surface area contributed by atoms with Gasteiger partial charge in [0.05, 0.1) is 61.8 Å². The summed E-state index contributed by atoms with van der Waals surface area (Å²) in [6.45, 7) is 6.12. The monoisotopic (exact) mass is 689 g/mol. The van der Waals surface area contributed by atoms with Crippen LogP contribution in [0, 0.1) is 5.41 Å². The zero-order valence-corrected chi connectivity index (χ0v) is 27.1. The van der Waals surface area contributed by atoms with E-state index in [-0.39, 0.29) is 43.0 Å². The first kappa shape index (κ1) is 36.5. The lowest BCUT2D eigenvalue weighted by atomic mass is 9.94. The maximum Gasteiger partial charge on any atom is 0.416 e. The molecular weight excluding hydrogens is 652 g/mol. The maximum absolute atomic E-state index is 13.7. The predicted octanol–water partition coefficient (Wildman–Crippen LogP) is 5.61. The molecule has 2 N–H and O–H groups in total. The molecule has 2 aromatic rings. The van der Waals surface area contributed by atoms with E-state index in [1.807, 2.05) is 6.92 Å². The smallest absolute Gasteiger partial charge is 0.416 e. The number of anilines is 1. The summed E-state index contributed by atoms with van der Waals surface area (Å²) in [6, 6.07) is 3.34. The second kappa shape index (κ2) is 14.0. The number of ether oxygens (including phenoxy) is 3. The van der Waals surface area contributed by atoms with Crippen molar-refractivity contribution < 1.29 is 50.1 Å². The molecule has 2 aliphatic heterocycles. The van der Waals surface area contributed by atoms with Gasteiger partial charge in [-0.1, -0.05) is 6.92 Å². The van der Waals surface area contributed by atoms with Gasteiger partial charge in [-0.25, -0.2) is 14.8 Å². The van der Waals surface area contributed by atoms with Crippen molar-refractivity contribution in [3.05, 3.63) is 52.7 Å². The van der Waals surface area contributed by atoms with E-state index in [4.69, 9.17) is 19.2 Å². The molecule has 3 heterocycles. The number of guanidine groups is 1. The Morgan fingerprint density at radius 2 is 1.67 bits per heavy atom. The number of esters is 1. The number of rotatable bonds is 9. The number of carbonyl (C=O) groups is 2. The zero-order valence-electron chi connectivity index (χ0n) is 27.1. The van der Waals surface area contributed by atoms with E-state index in [2.05, 4.69) is 15.9 Å². The van der Waals surface area contributed by atoms with E-state index in [0.29, 0.717) is 29.9 Å². The Kier molecular flexibility index (Phi) is 10.7. The van der Waals surface area contributed by atoms with Crippen LogP contribution in [-0.4, -0.2) is 66.5 Å². The third-order valence-electron chi connectivity index (χ3n) is 7.83. The van der Waals surface area contributed by atoms with Crippen molar-refractivity contribution in [3.63, 3.8) is 0 Å². The number of methoxy groups -OCH3 is 2. The number of benzene rings is 1. The number of carbonyl (C=O) groups excluding carboxylic acids is 2. The van der Waals surface area contributed by atoms with Gasteiger partial charge in [0, 0.05) is 12.1 Å². The average molecular weight is 690 g/mol. The number of nitrogens with zero attached hydrogens (tertiary/aromatic N) is 5. The van der Waals surface area contributed by atoms with Crippen LogP contribution in [0.3, 0.4) is 0 Å². The molecule has 1 aromatic heterocycles. The fourth-order valence-electron chi connectivity index (χ4n) is 5.47. The van der Waals surface area contributed by atoms with E-state index >= 15 is 0 Å². The summed E-state index contributed by atoms with van der Waals surface area (Å²) >= 11 is 0. The van der Waals surface area contributed by atoms with Gasteiger partial charge in [0.2, 0.25) is 11.8 Å². The Bertz CT molecular complexity index is 1500. The molecule has 0 radical (unpaired) electrons. The number of alkyl halides is 6. The molecule has 2 atom stereocenters. The van der Waals surface area contributed by atoms with Crippen LogP contribution in [0.1, 0.15) is 69.0 Å². The van der Waals surface area contributed by atoms with E-state index in [1.165, 1.54) is 29.2 Å². The Morgan fingerprint density at radius 1 is 1.02 bits per heavy atom. The minimum Gasteiger partial charge on any atom is -0.481 e. The summed E-state index contributed by atoms with van der Waals surface area (Å²) in [5.41, 5.74) is 1.88. The van der Waals surface area contributed by atoms with Gasteiger partial charge in [-0.2, -0.15) is 26.3 Å². The molecule has 0 saturated carbocycles. The van der Waals surface area contributed by atoms with Crippen LogP contribution in [0.5, 0.6) is 5.88 Å². The molecule has 1 fully saturated rings. The van der Waals surface area contributed by atoms with Gasteiger partial charge in [0.25, 0.3) is 0 Å². The highest BCUT2D eigenvalue weighted by Gasteiger charge is 2.42. The number of hydrogen-bond acceptors (Lipinski definition) is 9. The van der Waals surface area contributed by atoms with Gasteiger partial charge in [0.1, 0.15) is 6.04 Å². The highest BCUT2D eigenvalue weighted by Crippen LogP contribution is 2.41. The molecule has 0 bridgehead atoms. The Balaban J connectivity index is 1.83. The normalized spacial score (nSPS) is 19.6. The maximum atomic E-state index is 13.7. The van der Waals surface area contributed by atoms with E-state index < -0.39 is 59.6 Å². The van der Waals surface area contributed by atoms with Crippen LogP contribution in [0.15, 0.2) is 35.3 Å². The zero-order chi connectivity index (χ0) is 35.6.